The minimum Gasteiger partial charge on any atom is -0.342 e. The lowest BCUT2D eigenvalue weighted by Crippen LogP contribution is -2.51. The lowest BCUT2D eigenvalue weighted by molar-refractivity contribution is -0.139. The van der Waals surface area contributed by atoms with E-state index in [2.05, 4.69) is 5.32 Å². The first-order chi connectivity index (χ1) is 11.7. The fraction of sp³-hybridized carbons (Fsp3) is 0.650. The van der Waals surface area contributed by atoms with Gasteiger partial charge in [-0.1, -0.05) is 31.0 Å². The van der Waals surface area contributed by atoms with Crippen LogP contribution in [0, 0.1) is 11.2 Å². The Hall–Kier alpha value is -1.42. The van der Waals surface area contributed by atoms with Crippen LogP contribution in [0.15, 0.2) is 24.3 Å². The molecule has 2 aliphatic heterocycles. The number of rotatable bonds is 2. The topological polar surface area (TPSA) is 32.3 Å². The highest BCUT2D eigenvalue weighted by Crippen LogP contribution is 2.45. The standard InChI is InChI=1S/C20H27FN2O/c21-17-6-2-1-5-16(17)20(7-3-4-8-20)18(24)23-13-10-19(11-14-23)9-12-22-15-19/h1-2,5-6,22H,3-4,7-15H2. The summed E-state index contributed by atoms with van der Waals surface area (Å²) >= 11 is 0. The Balaban J connectivity index is 1.56. The minimum absolute atomic E-state index is 0.172. The van der Waals surface area contributed by atoms with Gasteiger partial charge in [0.2, 0.25) is 5.91 Å². The number of carbonyl (C=O) groups excluding carboxylic acids is 1. The zero-order chi connectivity index (χ0) is 16.6. The van der Waals surface area contributed by atoms with E-state index in [-0.39, 0.29) is 11.7 Å². The largest absolute Gasteiger partial charge is 0.342 e. The molecule has 0 radical (unpaired) electrons. The Morgan fingerprint density at radius 3 is 2.38 bits per heavy atom. The molecular weight excluding hydrogens is 303 g/mol. The van der Waals surface area contributed by atoms with Crippen LogP contribution in [0.5, 0.6) is 0 Å². The van der Waals surface area contributed by atoms with Gasteiger partial charge >= 0.3 is 0 Å². The molecule has 2 heterocycles. The first-order valence-corrected chi connectivity index (χ1v) is 9.40. The molecule has 3 aliphatic rings. The van der Waals surface area contributed by atoms with Gasteiger partial charge in [0.05, 0.1) is 5.41 Å². The second-order valence-corrected chi connectivity index (χ2v) is 7.99. The van der Waals surface area contributed by atoms with E-state index in [1.807, 2.05) is 17.0 Å². The summed E-state index contributed by atoms with van der Waals surface area (Å²) in [5.41, 5.74) is 0.400. The highest BCUT2D eigenvalue weighted by atomic mass is 19.1. The van der Waals surface area contributed by atoms with Crippen LogP contribution in [0.1, 0.15) is 50.5 Å². The Morgan fingerprint density at radius 2 is 1.75 bits per heavy atom. The van der Waals surface area contributed by atoms with Crippen molar-refractivity contribution in [1.29, 1.82) is 0 Å². The Kier molecular flexibility index (Phi) is 4.11. The second kappa shape index (κ2) is 6.14. The molecule has 1 amide bonds. The van der Waals surface area contributed by atoms with Gasteiger partial charge in [0.1, 0.15) is 5.82 Å². The molecule has 0 atom stereocenters. The molecule has 1 spiro atoms. The first kappa shape index (κ1) is 16.1. The van der Waals surface area contributed by atoms with Gasteiger partial charge in [-0.3, -0.25) is 4.79 Å². The van der Waals surface area contributed by atoms with Gasteiger partial charge < -0.3 is 10.2 Å². The molecule has 1 saturated carbocycles. The first-order valence-electron chi connectivity index (χ1n) is 9.40. The normalized spacial score (nSPS) is 25.3. The summed E-state index contributed by atoms with van der Waals surface area (Å²) < 4.78 is 14.5. The maximum Gasteiger partial charge on any atom is 0.233 e. The molecule has 0 unspecified atom stereocenters. The van der Waals surface area contributed by atoms with Crippen molar-refractivity contribution in [2.24, 2.45) is 5.41 Å². The van der Waals surface area contributed by atoms with Crippen molar-refractivity contribution < 1.29 is 9.18 Å². The third kappa shape index (κ3) is 2.55. The molecule has 0 bridgehead atoms. The van der Waals surface area contributed by atoms with Crippen LogP contribution in [0.4, 0.5) is 4.39 Å². The van der Waals surface area contributed by atoms with Crippen LogP contribution in [0.3, 0.4) is 0 Å². The van der Waals surface area contributed by atoms with Gasteiger partial charge in [-0.2, -0.15) is 0 Å². The zero-order valence-corrected chi connectivity index (χ0v) is 14.3. The van der Waals surface area contributed by atoms with E-state index in [0.29, 0.717) is 11.0 Å². The van der Waals surface area contributed by atoms with Gasteiger partial charge in [0.25, 0.3) is 0 Å². The van der Waals surface area contributed by atoms with Crippen molar-refractivity contribution in [2.75, 3.05) is 26.2 Å². The van der Waals surface area contributed by atoms with Crippen molar-refractivity contribution in [2.45, 2.75) is 50.4 Å². The summed E-state index contributed by atoms with van der Waals surface area (Å²) in [5, 5.41) is 3.47. The third-order valence-electron chi connectivity index (χ3n) is 6.70. The molecule has 24 heavy (non-hydrogen) atoms. The van der Waals surface area contributed by atoms with E-state index in [1.165, 1.54) is 12.5 Å². The van der Waals surface area contributed by atoms with E-state index < -0.39 is 5.41 Å². The smallest absolute Gasteiger partial charge is 0.233 e. The summed E-state index contributed by atoms with van der Waals surface area (Å²) in [5.74, 6) is -0.0490. The van der Waals surface area contributed by atoms with Crippen LogP contribution in [0.2, 0.25) is 0 Å². The van der Waals surface area contributed by atoms with Crippen molar-refractivity contribution in [3.05, 3.63) is 35.6 Å². The predicted octanol–water partition coefficient (Wildman–Crippen LogP) is 3.24. The Bertz CT molecular complexity index is 608. The van der Waals surface area contributed by atoms with Gasteiger partial charge in [-0.15, -0.1) is 0 Å². The van der Waals surface area contributed by atoms with Crippen molar-refractivity contribution in [1.82, 2.24) is 10.2 Å². The van der Waals surface area contributed by atoms with Gasteiger partial charge in [-0.05, 0) is 50.1 Å². The van der Waals surface area contributed by atoms with Crippen LogP contribution in [0.25, 0.3) is 0 Å². The van der Waals surface area contributed by atoms with Crippen LogP contribution in [-0.2, 0) is 10.2 Å². The molecule has 1 aliphatic carbocycles. The fourth-order valence-electron chi connectivity index (χ4n) is 5.14. The van der Waals surface area contributed by atoms with Crippen LogP contribution in [-0.4, -0.2) is 37.0 Å². The molecular formula is C20H27FN2O. The minimum atomic E-state index is -0.621. The summed E-state index contributed by atoms with van der Waals surface area (Å²) in [6.07, 6.45) is 7.00. The van der Waals surface area contributed by atoms with E-state index in [4.69, 9.17) is 0 Å². The number of nitrogens with one attached hydrogen (secondary N) is 1. The Morgan fingerprint density at radius 1 is 1.04 bits per heavy atom. The molecule has 1 aromatic carbocycles. The number of carbonyl (C=O) groups is 1. The monoisotopic (exact) mass is 330 g/mol. The lowest BCUT2D eigenvalue weighted by Gasteiger charge is -2.42. The van der Waals surface area contributed by atoms with E-state index in [9.17, 15) is 9.18 Å². The lowest BCUT2D eigenvalue weighted by atomic mass is 9.74. The van der Waals surface area contributed by atoms with Crippen molar-refractivity contribution in [3.63, 3.8) is 0 Å². The summed E-state index contributed by atoms with van der Waals surface area (Å²) in [7, 11) is 0. The Labute approximate surface area is 143 Å². The van der Waals surface area contributed by atoms with Gasteiger partial charge in [0, 0.05) is 25.2 Å². The molecule has 130 valence electrons. The molecule has 4 heteroatoms. The summed E-state index contributed by atoms with van der Waals surface area (Å²) in [6, 6.07) is 6.90. The molecule has 1 N–H and O–H groups in total. The molecule has 4 rings (SSSR count). The fourth-order valence-corrected chi connectivity index (χ4v) is 5.14. The van der Waals surface area contributed by atoms with Gasteiger partial charge in [0.15, 0.2) is 0 Å². The van der Waals surface area contributed by atoms with Crippen molar-refractivity contribution >= 4 is 5.91 Å². The third-order valence-corrected chi connectivity index (χ3v) is 6.70. The summed E-state index contributed by atoms with van der Waals surface area (Å²) in [4.78, 5) is 15.5. The molecule has 2 saturated heterocycles. The maximum absolute atomic E-state index is 14.5. The highest BCUT2D eigenvalue weighted by molar-refractivity contribution is 5.88. The maximum atomic E-state index is 14.5. The van der Waals surface area contributed by atoms with Crippen LogP contribution >= 0.6 is 0 Å². The number of likely N-dealkylation sites (tertiary alicyclic amines) is 1. The zero-order valence-electron chi connectivity index (χ0n) is 14.3. The summed E-state index contributed by atoms with van der Waals surface area (Å²) in [6.45, 7) is 3.86. The number of piperidine rings is 1. The number of nitrogens with zero attached hydrogens (tertiary/aromatic N) is 1. The number of hydrogen-bond acceptors (Lipinski definition) is 2. The second-order valence-electron chi connectivity index (χ2n) is 7.99. The average Bonchev–Trinajstić information content (AvgIpc) is 3.26. The van der Waals surface area contributed by atoms with Crippen LogP contribution < -0.4 is 5.32 Å². The number of halogens is 1. The molecule has 0 aromatic heterocycles. The SMILES string of the molecule is O=C(N1CCC2(CCNC2)CC1)C1(c2ccccc2F)CCCC1. The molecule has 3 fully saturated rings. The van der Waals surface area contributed by atoms with E-state index in [0.717, 1.165) is 64.7 Å². The number of benzene rings is 1. The van der Waals surface area contributed by atoms with E-state index in [1.54, 1.807) is 6.07 Å². The number of hydrogen-bond donors (Lipinski definition) is 1. The quantitative estimate of drug-likeness (QED) is 0.903. The van der Waals surface area contributed by atoms with E-state index >= 15 is 0 Å². The average molecular weight is 330 g/mol. The molecule has 3 nitrogen and oxygen atoms in total. The molecule has 1 aromatic rings. The number of amides is 1. The predicted molar refractivity (Wildman–Crippen MR) is 92.3 cm³/mol. The highest BCUT2D eigenvalue weighted by Gasteiger charge is 2.48. The van der Waals surface area contributed by atoms with Gasteiger partial charge in [-0.25, -0.2) is 4.39 Å². The van der Waals surface area contributed by atoms with Crippen molar-refractivity contribution in [3.8, 4) is 0 Å².